The van der Waals surface area contributed by atoms with Crippen LogP contribution in [0.25, 0.3) is 10.2 Å². The van der Waals surface area contributed by atoms with Crippen molar-refractivity contribution in [3.63, 3.8) is 0 Å². The molecular weight excluding hydrogens is 540 g/mol. The molecule has 0 aliphatic carbocycles. The smallest absolute Gasteiger partial charge is 0.327 e. The Labute approximate surface area is 219 Å². The minimum Gasteiger partial charge on any atom is -0.487 e. The first-order chi connectivity index (χ1) is 17.7. The molecule has 4 N–H and O–H groups in total. The Morgan fingerprint density at radius 3 is 2.73 bits per heavy atom. The number of nitrogens with one attached hydrogen (secondary N) is 1. The van der Waals surface area contributed by atoms with E-state index in [0.717, 1.165) is 16.9 Å². The summed E-state index contributed by atoms with van der Waals surface area (Å²) in [4.78, 5) is 27.9. The van der Waals surface area contributed by atoms with Crippen molar-refractivity contribution in [2.75, 3.05) is 5.75 Å². The summed E-state index contributed by atoms with van der Waals surface area (Å²) in [5.41, 5.74) is 1.99. The fraction of sp³-hybridized carbons (Fsp3) is 0.227. The van der Waals surface area contributed by atoms with Crippen LogP contribution < -0.4 is 15.2 Å². The molecule has 4 aromatic rings. The lowest BCUT2D eigenvalue weighted by molar-refractivity contribution is -0.141. The number of hydrogen-bond donors (Lipinski definition) is 3. The molecular formula is C22H22N6O6S3. The molecule has 1 amide bonds. The van der Waals surface area contributed by atoms with Crippen molar-refractivity contribution >= 4 is 55.2 Å². The molecule has 0 saturated heterocycles. The molecule has 2 heterocycles. The average Bonchev–Trinajstić information content (AvgIpc) is 3.49. The van der Waals surface area contributed by atoms with E-state index in [1.54, 1.807) is 18.2 Å². The molecule has 194 valence electrons. The molecule has 15 heteroatoms. The first kappa shape index (κ1) is 26.5. The number of carboxylic acids is 1. The van der Waals surface area contributed by atoms with Gasteiger partial charge in [0, 0.05) is 11.5 Å². The van der Waals surface area contributed by atoms with Gasteiger partial charge in [-0.15, -0.1) is 16.4 Å². The van der Waals surface area contributed by atoms with E-state index in [0.29, 0.717) is 27.4 Å². The lowest BCUT2D eigenvalue weighted by atomic mass is 10.2. The van der Waals surface area contributed by atoms with E-state index in [4.69, 9.17) is 9.88 Å². The first-order valence-corrected chi connectivity index (χ1v) is 14.3. The maximum absolute atomic E-state index is 12.4. The van der Waals surface area contributed by atoms with Crippen molar-refractivity contribution < 1.29 is 27.9 Å². The maximum atomic E-state index is 12.4. The van der Waals surface area contributed by atoms with Crippen LogP contribution in [0.2, 0.25) is 0 Å². The van der Waals surface area contributed by atoms with Crippen molar-refractivity contribution in [1.29, 1.82) is 0 Å². The zero-order valence-corrected chi connectivity index (χ0v) is 21.6. The Morgan fingerprint density at radius 1 is 1.22 bits per heavy atom. The van der Waals surface area contributed by atoms with Crippen LogP contribution in [-0.2, 0) is 38.5 Å². The highest BCUT2D eigenvalue weighted by Gasteiger charge is 2.20. The molecule has 12 nitrogen and oxygen atoms in total. The van der Waals surface area contributed by atoms with Gasteiger partial charge in [-0.25, -0.2) is 28.0 Å². The van der Waals surface area contributed by atoms with Crippen molar-refractivity contribution in [3.05, 3.63) is 66.0 Å². The molecule has 0 unspecified atom stereocenters. The van der Waals surface area contributed by atoms with Gasteiger partial charge >= 0.3 is 5.97 Å². The normalized spacial score (nSPS) is 12.4. The minimum atomic E-state index is -3.89. The highest BCUT2D eigenvalue weighted by molar-refractivity contribution is 7.98. The van der Waals surface area contributed by atoms with Crippen LogP contribution in [0.3, 0.4) is 0 Å². The van der Waals surface area contributed by atoms with E-state index in [1.165, 1.54) is 22.6 Å². The van der Waals surface area contributed by atoms with Crippen molar-refractivity contribution in [3.8, 4) is 5.75 Å². The predicted molar refractivity (Wildman–Crippen MR) is 138 cm³/mol. The summed E-state index contributed by atoms with van der Waals surface area (Å²) >= 11 is 2.35. The third kappa shape index (κ3) is 7.48. The van der Waals surface area contributed by atoms with Crippen LogP contribution in [0.15, 0.2) is 59.1 Å². The number of amides is 1. The molecule has 0 radical (unpaired) electrons. The van der Waals surface area contributed by atoms with Crippen LogP contribution >= 0.6 is 23.1 Å². The molecule has 0 aliphatic rings. The second-order valence-corrected chi connectivity index (χ2v) is 11.6. The number of carboxylic acid groups (broad SMARTS) is 1. The topological polar surface area (TPSA) is 179 Å². The SMILES string of the molecule is NS(=O)(=O)c1nc2ccc(OCc3cn(CC(=O)N[C@@H](CSCc4ccccc4)C(=O)O)nn3)cc2s1. The quantitative estimate of drug-likeness (QED) is 0.230. The summed E-state index contributed by atoms with van der Waals surface area (Å²) in [6.45, 7) is -0.162. The van der Waals surface area contributed by atoms with E-state index in [1.807, 2.05) is 30.3 Å². The van der Waals surface area contributed by atoms with Gasteiger partial charge in [0.25, 0.3) is 10.0 Å². The summed E-state index contributed by atoms with van der Waals surface area (Å²) < 4.78 is 30.4. The molecule has 0 spiro atoms. The summed E-state index contributed by atoms with van der Waals surface area (Å²) in [7, 11) is -3.89. The number of primary sulfonamides is 1. The molecule has 0 fully saturated rings. The van der Waals surface area contributed by atoms with Crippen molar-refractivity contribution in [1.82, 2.24) is 25.3 Å². The molecule has 1 atom stereocenters. The molecule has 37 heavy (non-hydrogen) atoms. The van der Waals surface area contributed by atoms with Gasteiger partial charge in [-0.05, 0) is 23.8 Å². The van der Waals surface area contributed by atoms with Gasteiger partial charge in [-0.3, -0.25) is 4.79 Å². The van der Waals surface area contributed by atoms with Crippen LogP contribution in [-0.4, -0.2) is 57.2 Å². The van der Waals surface area contributed by atoms with Gasteiger partial charge in [0.2, 0.25) is 10.2 Å². The number of benzene rings is 2. The van der Waals surface area contributed by atoms with E-state index in [-0.39, 0.29) is 23.2 Å². The summed E-state index contributed by atoms with van der Waals surface area (Å²) in [6.07, 6.45) is 1.52. The third-order valence-corrected chi connectivity index (χ3v) is 8.34. The highest BCUT2D eigenvalue weighted by atomic mass is 32.2. The van der Waals surface area contributed by atoms with E-state index < -0.39 is 27.9 Å². The summed E-state index contributed by atoms with van der Waals surface area (Å²) in [5, 5.41) is 24.9. The number of aliphatic carboxylic acids is 1. The van der Waals surface area contributed by atoms with Crippen molar-refractivity contribution in [2.24, 2.45) is 5.14 Å². The summed E-state index contributed by atoms with van der Waals surface area (Å²) in [6, 6.07) is 13.5. The number of nitrogens with zero attached hydrogens (tertiary/aromatic N) is 4. The van der Waals surface area contributed by atoms with Gasteiger partial charge in [-0.2, -0.15) is 11.8 Å². The van der Waals surface area contributed by atoms with Crippen LogP contribution in [0, 0.1) is 0 Å². The molecule has 0 saturated carbocycles. The fourth-order valence-electron chi connectivity index (χ4n) is 3.17. The first-order valence-electron chi connectivity index (χ1n) is 10.8. The zero-order valence-electron chi connectivity index (χ0n) is 19.2. The van der Waals surface area contributed by atoms with Gasteiger partial charge in [0.1, 0.15) is 30.6 Å². The molecule has 2 aromatic heterocycles. The third-order valence-electron chi connectivity index (χ3n) is 4.89. The number of aromatic nitrogens is 4. The van der Waals surface area contributed by atoms with Gasteiger partial charge in [-0.1, -0.05) is 35.5 Å². The number of nitrogens with two attached hydrogens (primary N) is 1. The lowest BCUT2D eigenvalue weighted by Crippen LogP contribution is -2.44. The standard InChI is InChI=1S/C22H22N6O6S3/c23-37(32,33)22-25-17-7-6-16(8-19(17)36-22)34-11-15-9-28(27-26-15)10-20(29)24-18(21(30)31)13-35-12-14-4-2-1-3-5-14/h1-9,18H,10-13H2,(H,24,29)(H,30,31)(H2,23,32,33)/t18-/m0/s1. The number of carbonyl (C=O) groups is 2. The Hall–Kier alpha value is -3.53. The van der Waals surface area contributed by atoms with E-state index in [2.05, 4.69) is 20.6 Å². The van der Waals surface area contributed by atoms with E-state index >= 15 is 0 Å². The van der Waals surface area contributed by atoms with Gasteiger partial charge in [0.05, 0.1) is 16.4 Å². The maximum Gasteiger partial charge on any atom is 0.327 e. The van der Waals surface area contributed by atoms with Gasteiger partial charge < -0.3 is 15.2 Å². The number of fused-ring (bicyclic) bond motifs is 1. The van der Waals surface area contributed by atoms with Crippen LogP contribution in [0.5, 0.6) is 5.75 Å². The summed E-state index contributed by atoms with van der Waals surface area (Å²) in [5.74, 6) is -0.311. The number of hydrogen-bond acceptors (Lipinski definition) is 10. The van der Waals surface area contributed by atoms with E-state index in [9.17, 15) is 23.1 Å². The number of thioether (sulfide) groups is 1. The fourth-order valence-corrected chi connectivity index (χ4v) is 5.86. The second kappa shape index (κ2) is 11.7. The Balaban J connectivity index is 1.27. The number of sulfonamides is 1. The minimum absolute atomic E-state index is 0.0435. The Bertz CT molecular complexity index is 1510. The number of ether oxygens (including phenoxy) is 1. The van der Waals surface area contributed by atoms with Crippen LogP contribution in [0.1, 0.15) is 11.3 Å². The van der Waals surface area contributed by atoms with Gasteiger partial charge in [0.15, 0.2) is 0 Å². The monoisotopic (exact) mass is 562 g/mol. The largest absolute Gasteiger partial charge is 0.487 e. The molecule has 0 aliphatic heterocycles. The molecule has 4 rings (SSSR count). The molecule has 0 bridgehead atoms. The average molecular weight is 563 g/mol. The predicted octanol–water partition coefficient (Wildman–Crippen LogP) is 1.62. The zero-order chi connectivity index (χ0) is 26.4. The highest BCUT2D eigenvalue weighted by Crippen LogP contribution is 2.28. The molecule has 2 aromatic carbocycles. The number of rotatable bonds is 12. The number of thiazole rings is 1. The lowest BCUT2D eigenvalue weighted by Gasteiger charge is -2.14. The Kier molecular flexibility index (Phi) is 8.38. The number of carbonyl (C=O) groups excluding carboxylic acids is 1. The van der Waals surface area contributed by atoms with Crippen molar-refractivity contribution in [2.45, 2.75) is 29.3 Å². The Morgan fingerprint density at radius 2 is 2.00 bits per heavy atom. The van der Waals surface area contributed by atoms with Crippen LogP contribution in [0.4, 0.5) is 0 Å². The second-order valence-electron chi connectivity index (χ2n) is 7.81.